The smallest absolute Gasteiger partial charge is 0.0923 e. The molecule has 1 aromatic heterocycles. The number of aromatic nitrogens is 2. The van der Waals surface area contributed by atoms with Gasteiger partial charge in [-0.1, -0.05) is 48.5 Å². The topological polar surface area (TPSA) is 17.8 Å². The van der Waals surface area contributed by atoms with Crippen molar-refractivity contribution >= 4 is 10.9 Å². The summed E-state index contributed by atoms with van der Waals surface area (Å²) in [7, 11) is 0. The summed E-state index contributed by atoms with van der Waals surface area (Å²) in [6.45, 7) is 0.929. The normalized spacial score (nSPS) is 10.8. The molecular weight excluding hydrogens is 208 g/mol. The minimum atomic E-state index is 0.929. The molecule has 3 aromatic rings. The number of benzene rings is 2. The SMILES string of the molecule is c1ccc(CCn2cc3ccccc3n2)cc1. The predicted molar refractivity (Wildman–Crippen MR) is 69.9 cm³/mol. The van der Waals surface area contributed by atoms with Crippen LogP contribution in [-0.4, -0.2) is 9.78 Å². The second-order valence-electron chi connectivity index (χ2n) is 4.19. The molecule has 0 amide bonds. The Bertz CT molecular complexity index is 578. The third-order valence-corrected chi connectivity index (χ3v) is 2.93. The monoisotopic (exact) mass is 222 g/mol. The van der Waals surface area contributed by atoms with Crippen LogP contribution in [0.4, 0.5) is 0 Å². The number of aryl methyl sites for hydroxylation is 2. The number of hydrogen-bond acceptors (Lipinski definition) is 1. The Labute approximate surface area is 101 Å². The molecule has 84 valence electrons. The molecule has 0 N–H and O–H groups in total. The van der Waals surface area contributed by atoms with E-state index in [9.17, 15) is 0 Å². The van der Waals surface area contributed by atoms with E-state index in [4.69, 9.17) is 0 Å². The third-order valence-electron chi connectivity index (χ3n) is 2.93. The molecule has 0 bridgehead atoms. The van der Waals surface area contributed by atoms with Crippen molar-refractivity contribution in [1.29, 1.82) is 0 Å². The quantitative estimate of drug-likeness (QED) is 0.665. The highest BCUT2D eigenvalue weighted by molar-refractivity contribution is 5.77. The standard InChI is InChI=1S/C15H14N2/c1-2-6-13(7-3-1)10-11-17-12-14-8-4-5-9-15(14)16-17/h1-9,12H,10-11H2. The van der Waals surface area contributed by atoms with Gasteiger partial charge in [0.2, 0.25) is 0 Å². The fraction of sp³-hybridized carbons (Fsp3) is 0.133. The molecular formula is C15H14N2. The second kappa shape index (κ2) is 4.42. The summed E-state index contributed by atoms with van der Waals surface area (Å²) in [5.41, 5.74) is 2.42. The van der Waals surface area contributed by atoms with Crippen molar-refractivity contribution in [2.24, 2.45) is 0 Å². The molecule has 2 aromatic carbocycles. The van der Waals surface area contributed by atoms with Crippen LogP contribution in [0.15, 0.2) is 60.8 Å². The van der Waals surface area contributed by atoms with E-state index in [2.05, 4.69) is 41.6 Å². The van der Waals surface area contributed by atoms with Gasteiger partial charge in [0.25, 0.3) is 0 Å². The Hall–Kier alpha value is -2.09. The van der Waals surface area contributed by atoms with Crippen molar-refractivity contribution in [2.75, 3.05) is 0 Å². The highest BCUT2D eigenvalue weighted by Crippen LogP contribution is 2.11. The summed E-state index contributed by atoms with van der Waals surface area (Å²) in [6.07, 6.45) is 3.13. The first kappa shape index (κ1) is 10.1. The van der Waals surface area contributed by atoms with Crippen LogP contribution in [0.3, 0.4) is 0 Å². The summed E-state index contributed by atoms with van der Waals surface area (Å²) in [5, 5.41) is 5.75. The maximum Gasteiger partial charge on any atom is 0.0923 e. The molecule has 0 aliphatic rings. The molecule has 0 saturated carbocycles. The fourth-order valence-electron chi connectivity index (χ4n) is 2.02. The van der Waals surface area contributed by atoms with Crippen molar-refractivity contribution < 1.29 is 0 Å². The highest BCUT2D eigenvalue weighted by Gasteiger charge is 1.99. The summed E-state index contributed by atoms with van der Waals surface area (Å²) >= 11 is 0. The van der Waals surface area contributed by atoms with Gasteiger partial charge in [-0.2, -0.15) is 5.10 Å². The molecule has 0 atom stereocenters. The van der Waals surface area contributed by atoms with Crippen LogP contribution < -0.4 is 0 Å². The van der Waals surface area contributed by atoms with Gasteiger partial charge in [0.05, 0.1) is 5.52 Å². The molecule has 3 rings (SSSR count). The van der Waals surface area contributed by atoms with Crippen LogP contribution in [-0.2, 0) is 13.0 Å². The lowest BCUT2D eigenvalue weighted by molar-refractivity contribution is 0.621. The lowest BCUT2D eigenvalue weighted by Gasteiger charge is -2.01. The van der Waals surface area contributed by atoms with Gasteiger partial charge in [-0.3, -0.25) is 4.68 Å². The van der Waals surface area contributed by atoms with Crippen molar-refractivity contribution in [3.8, 4) is 0 Å². The summed E-state index contributed by atoms with van der Waals surface area (Å²) in [5.74, 6) is 0. The van der Waals surface area contributed by atoms with Gasteiger partial charge in [-0.15, -0.1) is 0 Å². The average Bonchev–Trinajstić information content (AvgIpc) is 2.80. The molecule has 2 nitrogen and oxygen atoms in total. The minimum Gasteiger partial charge on any atom is -0.271 e. The zero-order valence-electron chi connectivity index (χ0n) is 9.58. The van der Waals surface area contributed by atoms with Gasteiger partial charge in [0.15, 0.2) is 0 Å². The predicted octanol–water partition coefficient (Wildman–Crippen LogP) is 3.28. The van der Waals surface area contributed by atoms with Crippen LogP contribution in [0.5, 0.6) is 0 Å². The largest absolute Gasteiger partial charge is 0.271 e. The highest BCUT2D eigenvalue weighted by atomic mass is 15.3. The Morgan fingerprint density at radius 3 is 2.47 bits per heavy atom. The Balaban J connectivity index is 1.77. The molecule has 1 heterocycles. The van der Waals surface area contributed by atoms with Crippen LogP contribution in [0.2, 0.25) is 0 Å². The summed E-state index contributed by atoms with van der Waals surface area (Å²) < 4.78 is 2.03. The van der Waals surface area contributed by atoms with E-state index >= 15 is 0 Å². The van der Waals surface area contributed by atoms with Crippen molar-refractivity contribution in [1.82, 2.24) is 9.78 Å². The van der Waals surface area contributed by atoms with Crippen LogP contribution in [0, 0.1) is 0 Å². The van der Waals surface area contributed by atoms with E-state index < -0.39 is 0 Å². The first-order valence-corrected chi connectivity index (χ1v) is 5.88. The van der Waals surface area contributed by atoms with E-state index in [1.54, 1.807) is 0 Å². The average molecular weight is 222 g/mol. The summed E-state index contributed by atoms with van der Waals surface area (Å²) in [6, 6.07) is 18.7. The number of rotatable bonds is 3. The van der Waals surface area contributed by atoms with Crippen molar-refractivity contribution in [2.45, 2.75) is 13.0 Å². The van der Waals surface area contributed by atoms with Crippen LogP contribution >= 0.6 is 0 Å². The van der Waals surface area contributed by atoms with E-state index in [1.807, 2.05) is 28.9 Å². The Kier molecular flexibility index (Phi) is 2.62. The molecule has 17 heavy (non-hydrogen) atoms. The minimum absolute atomic E-state index is 0.929. The zero-order valence-corrected chi connectivity index (χ0v) is 9.58. The van der Waals surface area contributed by atoms with Crippen LogP contribution in [0.25, 0.3) is 10.9 Å². The van der Waals surface area contributed by atoms with Gasteiger partial charge in [0.1, 0.15) is 0 Å². The molecule has 2 heteroatoms. The van der Waals surface area contributed by atoms with E-state index in [0.29, 0.717) is 0 Å². The lowest BCUT2D eigenvalue weighted by atomic mass is 10.1. The summed E-state index contributed by atoms with van der Waals surface area (Å²) in [4.78, 5) is 0. The molecule has 0 aliphatic carbocycles. The molecule has 0 saturated heterocycles. The first-order valence-electron chi connectivity index (χ1n) is 5.88. The van der Waals surface area contributed by atoms with Gasteiger partial charge in [-0.05, 0) is 18.1 Å². The number of fused-ring (bicyclic) bond motifs is 1. The van der Waals surface area contributed by atoms with Gasteiger partial charge >= 0.3 is 0 Å². The maximum atomic E-state index is 4.54. The van der Waals surface area contributed by atoms with E-state index in [1.165, 1.54) is 10.9 Å². The van der Waals surface area contributed by atoms with Gasteiger partial charge < -0.3 is 0 Å². The third kappa shape index (κ3) is 2.21. The van der Waals surface area contributed by atoms with Gasteiger partial charge in [-0.25, -0.2) is 0 Å². The van der Waals surface area contributed by atoms with Gasteiger partial charge in [0, 0.05) is 18.1 Å². The van der Waals surface area contributed by atoms with E-state index in [0.717, 1.165) is 18.5 Å². The van der Waals surface area contributed by atoms with Crippen LogP contribution in [0.1, 0.15) is 5.56 Å². The molecule has 0 unspecified atom stereocenters. The lowest BCUT2D eigenvalue weighted by Crippen LogP contribution is -2.01. The molecule has 0 spiro atoms. The maximum absolute atomic E-state index is 4.54. The first-order chi connectivity index (χ1) is 8.42. The number of nitrogens with zero attached hydrogens (tertiary/aromatic N) is 2. The van der Waals surface area contributed by atoms with E-state index in [-0.39, 0.29) is 0 Å². The zero-order chi connectivity index (χ0) is 11.5. The fourth-order valence-corrected chi connectivity index (χ4v) is 2.02. The molecule has 0 aliphatic heterocycles. The van der Waals surface area contributed by atoms with Crippen molar-refractivity contribution in [3.63, 3.8) is 0 Å². The molecule has 0 fully saturated rings. The van der Waals surface area contributed by atoms with Crippen molar-refractivity contribution in [3.05, 3.63) is 66.4 Å². The second-order valence-corrected chi connectivity index (χ2v) is 4.19. The molecule has 0 radical (unpaired) electrons. The Morgan fingerprint density at radius 1 is 0.882 bits per heavy atom. The Morgan fingerprint density at radius 2 is 1.65 bits per heavy atom. The number of hydrogen-bond donors (Lipinski definition) is 0.